The number of rotatable bonds is 6. The van der Waals surface area contributed by atoms with Crippen LogP contribution in [0.2, 0.25) is 0 Å². The maximum Gasteiger partial charge on any atom is 0.266 e. The van der Waals surface area contributed by atoms with E-state index in [1.807, 2.05) is 0 Å². The maximum atomic E-state index is 14.5. The second-order valence-electron chi connectivity index (χ2n) is 7.74. The van der Waals surface area contributed by atoms with E-state index in [-0.39, 0.29) is 35.3 Å². The van der Waals surface area contributed by atoms with Gasteiger partial charge in [0.15, 0.2) is 0 Å². The minimum absolute atomic E-state index is 0.000786. The number of hydrogen-bond acceptors (Lipinski definition) is 4. The van der Waals surface area contributed by atoms with Crippen molar-refractivity contribution < 1.29 is 22.0 Å². The number of nitrogens with zero attached hydrogens (tertiary/aromatic N) is 3. The van der Waals surface area contributed by atoms with Gasteiger partial charge in [0.25, 0.3) is 18.4 Å². The number of fused-ring (bicyclic) bond motifs is 1. The molecule has 0 amide bonds. The molecule has 0 radical (unpaired) electrons. The first kappa shape index (κ1) is 21.2. The van der Waals surface area contributed by atoms with Gasteiger partial charge in [0.1, 0.15) is 23.5 Å². The molecule has 1 atom stereocenters. The Balaban J connectivity index is 1.80. The summed E-state index contributed by atoms with van der Waals surface area (Å²) >= 11 is 0. The molecule has 2 aromatic heterocycles. The Labute approximate surface area is 173 Å². The van der Waals surface area contributed by atoms with Gasteiger partial charge in [0.2, 0.25) is 0 Å². The highest BCUT2D eigenvalue weighted by atomic mass is 19.3. The quantitative estimate of drug-likeness (QED) is 0.544. The first-order valence-electron chi connectivity index (χ1n) is 9.66. The fourth-order valence-electron chi connectivity index (χ4n) is 3.78. The summed E-state index contributed by atoms with van der Waals surface area (Å²) in [6, 6.07) is 2.94. The molecule has 0 unspecified atom stereocenters. The molecule has 1 aromatic carbocycles. The summed E-state index contributed by atoms with van der Waals surface area (Å²) in [5, 5.41) is 3.25. The van der Waals surface area contributed by atoms with Gasteiger partial charge in [0.05, 0.1) is 22.5 Å². The zero-order chi connectivity index (χ0) is 22.5. The van der Waals surface area contributed by atoms with Crippen molar-refractivity contribution in [3.8, 4) is 0 Å². The van der Waals surface area contributed by atoms with E-state index in [0.29, 0.717) is 5.39 Å². The molecule has 1 aliphatic rings. The van der Waals surface area contributed by atoms with Gasteiger partial charge in [-0.3, -0.25) is 4.79 Å². The van der Waals surface area contributed by atoms with Gasteiger partial charge in [0, 0.05) is 17.3 Å². The van der Waals surface area contributed by atoms with Crippen molar-refractivity contribution in [1.82, 2.24) is 14.5 Å². The zero-order valence-corrected chi connectivity index (χ0v) is 16.7. The molecule has 164 valence electrons. The average molecular weight is 438 g/mol. The fraction of sp³-hybridized carbons (Fsp3) is 0.381. The Morgan fingerprint density at radius 3 is 2.42 bits per heavy atom. The van der Waals surface area contributed by atoms with Crippen molar-refractivity contribution >= 4 is 16.7 Å². The van der Waals surface area contributed by atoms with E-state index in [2.05, 4.69) is 15.3 Å². The molecule has 10 heteroatoms. The lowest BCUT2D eigenvalue weighted by Gasteiger charge is -2.21. The predicted molar refractivity (Wildman–Crippen MR) is 105 cm³/mol. The van der Waals surface area contributed by atoms with Crippen LogP contribution < -0.4 is 10.9 Å². The molecule has 1 saturated carbocycles. The van der Waals surface area contributed by atoms with Gasteiger partial charge in [-0.15, -0.1) is 0 Å². The van der Waals surface area contributed by atoms with Crippen LogP contribution in [0.3, 0.4) is 0 Å². The number of anilines is 1. The second kappa shape index (κ2) is 7.58. The van der Waals surface area contributed by atoms with Gasteiger partial charge in [-0.2, -0.15) is 0 Å². The first-order chi connectivity index (χ1) is 14.7. The van der Waals surface area contributed by atoms with Gasteiger partial charge >= 0.3 is 0 Å². The molecule has 3 aromatic rings. The molecule has 0 spiro atoms. The van der Waals surface area contributed by atoms with E-state index in [9.17, 15) is 26.7 Å². The summed E-state index contributed by atoms with van der Waals surface area (Å²) in [6.07, 6.45) is -2.84. The monoisotopic (exact) mass is 438 g/mol. The van der Waals surface area contributed by atoms with Crippen molar-refractivity contribution in [2.45, 2.75) is 51.1 Å². The number of nitrogens with one attached hydrogen (secondary N) is 1. The number of pyridine rings is 1. The summed E-state index contributed by atoms with van der Waals surface area (Å²) in [6.45, 7) is 3.06. The average Bonchev–Trinajstić information content (AvgIpc) is 3.53. The van der Waals surface area contributed by atoms with Crippen LogP contribution in [0, 0.1) is 12.7 Å². The maximum absolute atomic E-state index is 14.5. The number of alkyl halides is 4. The third-order valence-electron chi connectivity index (χ3n) is 5.80. The van der Waals surface area contributed by atoms with E-state index < -0.39 is 41.4 Å². The SMILES string of the molecule is Cc1c(=O)n(C2(C(F)F)CC2)cc2c(N[C@@H](C)c3cccc(C(F)F)c3F)ncnc12. The van der Waals surface area contributed by atoms with Crippen LogP contribution in [0.1, 0.15) is 48.9 Å². The standard InChI is InChI=1S/C21H19F5N4O/c1-10-16-14(8-30(19(10)31)21(6-7-21)20(25)26)18(28-9-27-16)29-11(2)12-4-3-5-13(15(12)22)17(23)24/h3-5,8-9,11,17,20H,6-7H2,1-2H3,(H,27,28,29)/t11-/m0/s1. The summed E-state index contributed by atoms with van der Waals surface area (Å²) in [5.74, 6) is -0.847. The lowest BCUT2D eigenvalue weighted by molar-refractivity contribution is 0.0653. The van der Waals surface area contributed by atoms with Crippen LogP contribution in [0.15, 0.2) is 35.5 Å². The van der Waals surface area contributed by atoms with Gasteiger partial charge in [-0.25, -0.2) is 31.9 Å². The van der Waals surface area contributed by atoms with Crippen LogP contribution >= 0.6 is 0 Å². The summed E-state index contributed by atoms with van der Waals surface area (Å²) < 4.78 is 68.9. The van der Waals surface area contributed by atoms with Gasteiger partial charge in [-0.1, -0.05) is 18.2 Å². The lowest BCUT2D eigenvalue weighted by Crippen LogP contribution is -2.36. The summed E-state index contributed by atoms with van der Waals surface area (Å²) in [7, 11) is 0. The predicted octanol–water partition coefficient (Wildman–Crippen LogP) is 5.10. The number of aromatic nitrogens is 3. The summed E-state index contributed by atoms with van der Waals surface area (Å²) in [4.78, 5) is 20.9. The van der Waals surface area contributed by atoms with E-state index >= 15 is 0 Å². The second-order valence-corrected chi connectivity index (χ2v) is 7.74. The Hall–Kier alpha value is -3.04. The third-order valence-corrected chi connectivity index (χ3v) is 5.80. The molecular weight excluding hydrogens is 419 g/mol. The minimum atomic E-state index is -2.96. The van der Waals surface area contributed by atoms with Crippen molar-refractivity contribution in [2.24, 2.45) is 0 Å². The van der Waals surface area contributed by atoms with Crippen LogP contribution in [-0.2, 0) is 5.54 Å². The molecule has 2 heterocycles. The third kappa shape index (κ3) is 3.43. The molecule has 1 N–H and O–H groups in total. The highest BCUT2D eigenvalue weighted by Gasteiger charge is 2.53. The first-order valence-corrected chi connectivity index (χ1v) is 9.66. The van der Waals surface area contributed by atoms with Crippen LogP contribution in [0.25, 0.3) is 10.9 Å². The summed E-state index contributed by atoms with van der Waals surface area (Å²) in [5.41, 5.74) is -2.35. The van der Waals surface area contributed by atoms with Crippen molar-refractivity contribution in [1.29, 1.82) is 0 Å². The van der Waals surface area contributed by atoms with Crippen LogP contribution in [0.4, 0.5) is 27.8 Å². The molecule has 5 nitrogen and oxygen atoms in total. The Bertz CT molecular complexity index is 1210. The topological polar surface area (TPSA) is 59.8 Å². The number of halogens is 5. The van der Waals surface area contributed by atoms with Crippen molar-refractivity contribution in [3.05, 3.63) is 63.6 Å². The van der Waals surface area contributed by atoms with Gasteiger partial charge < -0.3 is 9.88 Å². The lowest BCUT2D eigenvalue weighted by atomic mass is 10.0. The molecule has 1 fully saturated rings. The van der Waals surface area contributed by atoms with Crippen molar-refractivity contribution in [2.75, 3.05) is 5.32 Å². The van der Waals surface area contributed by atoms with Crippen LogP contribution in [-0.4, -0.2) is 21.0 Å². The molecule has 0 saturated heterocycles. The fourth-order valence-corrected chi connectivity index (χ4v) is 3.78. The number of benzene rings is 1. The molecule has 0 bridgehead atoms. The number of aryl methyl sites for hydroxylation is 1. The highest BCUT2D eigenvalue weighted by molar-refractivity contribution is 5.90. The molecule has 1 aliphatic carbocycles. The van der Waals surface area contributed by atoms with Crippen molar-refractivity contribution in [3.63, 3.8) is 0 Å². The minimum Gasteiger partial charge on any atom is -0.363 e. The Morgan fingerprint density at radius 1 is 1.13 bits per heavy atom. The van der Waals surface area contributed by atoms with E-state index in [4.69, 9.17) is 0 Å². The zero-order valence-electron chi connectivity index (χ0n) is 16.7. The van der Waals surface area contributed by atoms with E-state index in [1.54, 1.807) is 6.92 Å². The van der Waals surface area contributed by atoms with E-state index in [1.165, 1.54) is 31.6 Å². The molecule has 0 aliphatic heterocycles. The molecule has 31 heavy (non-hydrogen) atoms. The van der Waals surface area contributed by atoms with E-state index in [0.717, 1.165) is 10.6 Å². The smallest absolute Gasteiger partial charge is 0.266 e. The normalized spacial score (nSPS) is 16.2. The van der Waals surface area contributed by atoms with Crippen LogP contribution in [0.5, 0.6) is 0 Å². The molecular formula is C21H19F5N4O. The van der Waals surface area contributed by atoms with Gasteiger partial charge in [-0.05, 0) is 26.7 Å². The highest BCUT2D eigenvalue weighted by Crippen LogP contribution is 2.48. The Kier molecular flexibility index (Phi) is 5.18. The Morgan fingerprint density at radius 2 is 1.81 bits per heavy atom. The number of hydrogen-bond donors (Lipinski definition) is 1. The molecule has 4 rings (SSSR count). The largest absolute Gasteiger partial charge is 0.363 e.